The Hall–Kier alpha value is -1.96. The zero-order valence-electron chi connectivity index (χ0n) is 15.7. The molecule has 0 unspecified atom stereocenters. The topological polar surface area (TPSA) is 18.5 Å². The van der Waals surface area contributed by atoms with E-state index < -0.39 is 0 Å². The number of hydrogen-bond acceptors (Lipinski definition) is 2. The molecule has 0 aliphatic carbocycles. The molecule has 0 spiro atoms. The summed E-state index contributed by atoms with van der Waals surface area (Å²) >= 11 is 0.300. The van der Waals surface area contributed by atoms with Crippen LogP contribution in [-0.4, -0.2) is 28.7 Å². The number of rotatable bonds is 4. The number of ether oxygens (including phenoxy) is 2. The Morgan fingerprint density at radius 1 is 0.600 bits per heavy atom. The zero-order chi connectivity index (χ0) is 18.1. The van der Waals surface area contributed by atoms with Gasteiger partial charge >= 0.3 is 156 Å². The fourth-order valence-corrected chi connectivity index (χ4v) is 6.31. The molecule has 0 aliphatic rings. The van der Waals surface area contributed by atoms with Gasteiger partial charge in [0, 0.05) is 0 Å². The molecule has 3 heteroatoms. The van der Waals surface area contributed by atoms with Crippen LogP contribution in [0.3, 0.4) is 0 Å². The van der Waals surface area contributed by atoms with E-state index in [-0.39, 0.29) is 0 Å². The molecule has 0 atom stereocenters. The van der Waals surface area contributed by atoms with Gasteiger partial charge in [0.05, 0.1) is 0 Å². The molecule has 3 aromatic rings. The van der Waals surface area contributed by atoms with E-state index in [1.807, 2.05) is 0 Å². The van der Waals surface area contributed by atoms with Crippen LogP contribution in [0.15, 0.2) is 36.4 Å². The Morgan fingerprint density at radius 2 is 0.920 bits per heavy atom. The second-order valence-corrected chi connectivity index (χ2v) is 8.71. The van der Waals surface area contributed by atoms with Crippen LogP contribution in [-0.2, 0) is 0 Å². The first-order valence-corrected chi connectivity index (χ1v) is 10.1. The molecule has 1 heterocycles. The van der Waals surface area contributed by atoms with Crippen molar-refractivity contribution in [3.05, 3.63) is 58.7 Å². The summed E-state index contributed by atoms with van der Waals surface area (Å²) in [6, 6.07) is 13.1. The standard InChI is InChI=1S/C22H24O2Se/c1-13-9-17(23-5)10-14(2)21(13)19-7-8-20(25-19)22-15(3)11-18(24-6)12-16(22)4/h7-12H,1-6H3. The van der Waals surface area contributed by atoms with Gasteiger partial charge in [0.15, 0.2) is 0 Å². The first-order chi connectivity index (χ1) is 11.9. The van der Waals surface area contributed by atoms with Gasteiger partial charge in [0.1, 0.15) is 0 Å². The van der Waals surface area contributed by atoms with Crippen LogP contribution < -0.4 is 9.47 Å². The summed E-state index contributed by atoms with van der Waals surface area (Å²) in [6.45, 7) is 8.68. The summed E-state index contributed by atoms with van der Waals surface area (Å²) in [5.74, 6) is 1.86. The van der Waals surface area contributed by atoms with Crippen LogP contribution >= 0.6 is 0 Å². The van der Waals surface area contributed by atoms with Gasteiger partial charge in [0.2, 0.25) is 0 Å². The quantitative estimate of drug-likeness (QED) is 0.552. The van der Waals surface area contributed by atoms with Gasteiger partial charge in [-0.25, -0.2) is 0 Å². The van der Waals surface area contributed by atoms with E-state index in [1.54, 1.807) is 14.2 Å². The van der Waals surface area contributed by atoms with E-state index in [1.165, 1.54) is 42.3 Å². The Balaban J connectivity index is 2.08. The molecule has 2 nitrogen and oxygen atoms in total. The molecular weight excluding hydrogens is 375 g/mol. The second-order valence-electron chi connectivity index (χ2n) is 6.44. The van der Waals surface area contributed by atoms with E-state index in [4.69, 9.17) is 9.47 Å². The Morgan fingerprint density at radius 3 is 1.20 bits per heavy atom. The number of benzene rings is 2. The molecule has 0 aliphatic heterocycles. The van der Waals surface area contributed by atoms with Crippen LogP contribution in [0.2, 0.25) is 0 Å². The normalized spacial score (nSPS) is 10.8. The Kier molecular flexibility index (Phi) is 5.08. The molecule has 0 bridgehead atoms. The minimum absolute atomic E-state index is 0.300. The minimum atomic E-state index is 0.300. The summed E-state index contributed by atoms with van der Waals surface area (Å²) in [6.07, 6.45) is 0. The third-order valence-corrected chi connectivity index (χ3v) is 6.93. The molecule has 0 saturated heterocycles. The average Bonchev–Trinajstić information content (AvgIpc) is 3.02. The van der Waals surface area contributed by atoms with Crippen LogP contribution in [0.25, 0.3) is 20.0 Å². The van der Waals surface area contributed by atoms with Gasteiger partial charge in [-0.05, 0) is 0 Å². The third-order valence-electron chi connectivity index (χ3n) is 4.58. The number of methoxy groups -OCH3 is 2. The van der Waals surface area contributed by atoms with Crippen molar-refractivity contribution in [1.29, 1.82) is 0 Å². The fraction of sp³-hybridized carbons (Fsp3) is 0.273. The Labute approximate surface area is 156 Å². The maximum absolute atomic E-state index is 5.40. The predicted octanol–water partition coefficient (Wildman–Crippen LogP) is 5.33. The van der Waals surface area contributed by atoms with E-state index in [0.29, 0.717) is 14.5 Å². The third kappa shape index (κ3) is 3.40. The van der Waals surface area contributed by atoms with Crippen molar-refractivity contribution in [2.24, 2.45) is 0 Å². The van der Waals surface area contributed by atoms with Crippen molar-refractivity contribution >= 4 is 14.5 Å². The van der Waals surface area contributed by atoms with Crippen LogP contribution in [0, 0.1) is 27.7 Å². The van der Waals surface area contributed by atoms with Gasteiger partial charge < -0.3 is 0 Å². The summed E-state index contributed by atoms with van der Waals surface area (Å²) < 4.78 is 13.7. The summed E-state index contributed by atoms with van der Waals surface area (Å²) in [7, 11) is 3.45. The van der Waals surface area contributed by atoms with Gasteiger partial charge in [0.25, 0.3) is 0 Å². The van der Waals surface area contributed by atoms with Crippen molar-refractivity contribution in [3.8, 4) is 31.5 Å². The summed E-state index contributed by atoms with van der Waals surface area (Å²) in [5.41, 5.74) is 7.86. The maximum atomic E-state index is 5.40. The molecular formula is C22H24O2Se. The zero-order valence-corrected chi connectivity index (χ0v) is 17.4. The molecule has 0 radical (unpaired) electrons. The van der Waals surface area contributed by atoms with Crippen molar-refractivity contribution in [2.45, 2.75) is 27.7 Å². The van der Waals surface area contributed by atoms with Gasteiger partial charge in [-0.1, -0.05) is 0 Å². The van der Waals surface area contributed by atoms with Gasteiger partial charge in [-0.15, -0.1) is 0 Å². The molecule has 25 heavy (non-hydrogen) atoms. The second kappa shape index (κ2) is 7.11. The first-order valence-electron chi connectivity index (χ1n) is 8.35. The van der Waals surface area contributed by atoms with Crippen LogP contribution in [0.1, 0.15) is 22.3 Å². The van der Waals surface area contributed by atoms with Crippen molar-refractivity contribution in [1.82, 2.24) is 0 Å². The molecule has 2 aromatic carbocycles. The molecule has 130 valence electrons. The molecule has 3 rings (SSSR count). The molecule has 1 aromatic heterocycles. The van der Waals surface area contributed by atoms with Crippen LogP contribution in [0.4, 0.5) is 0 Å². The predicted molar refractivity (Wildman–Crippen MR) is 106 cm³/mol. The average molecular weight is 399 g/mol. The van der Waals surface area contributed by atoms with Crippen molar-refractivity contribution in [3.63, 3.8) is 0 Å². The Bertz CT molecular complexity index is 802. The van der Waals surface area contributed by atoms with Crippen LogP contribution in [0.5, 0.6) is 11.5 Å². The fourth-order valence-electron chi connectivity index (χ4n) is 3.47. The SMILES string of the molecule is COc1cc(C)c(-c2ccc(-c3c(C)cc(OC)cc3C)[se]2)c(C)c1. The molecule has 0 N–H and O–H groups in total. The van der Waals surface area contributed by atoms with Crippen molar-refractivity contribution in [2.75, 3.05) is 14.2 Å². The first kappa shape index (κ1) is 17.8. The van der Waals surface area contributed by atoms with Gasteiger partial charge in [-0.2, -0.15) is 0 Å². The van der Waals surface area contributed by atoms with E-state index in [0.717, 1.165) is 11.5 Å². The number of hydrogen-bond donors (Lipinski definition) is 0. The van der Waals surface area contributed by atoms with E-state index in [9.17, 15) is 0 Å². The molecule has 0 saturated carbocycles. The van der Waals surface area contributed by atoms with E-state index >= 15 is 0 Å². The summed E-state index contributed by atoms with van der Waals surface area (Å²) in [5, 5.41) is 0. The monoisotopic (exact) mass is 400 g/mol. The van der Waals surface area contributed by atoms with Gasteiger partial charge in [-0.3, -0.25) is 0 Å². The molecule has 0 fully saturated rings. The van der Waals surface area contributed by atoms with E-state index in [2.05, 4.69) is 64.1 Å². The number of aryl methyl sites for hydroxylation is 4. The van der Waals surface area contributed by atoms with Crippen molar-refractivity contribution < 1.29 is 9.47 Å². The molecule has 0 amide bonds. The summed E-state index contributed by atoms with van der Waals surface area (Å²) in [4.78, 5) is 0.